The van der Waals surface area contributed by atoms with Crippen molar-refractivity contribution in [3.63, 3.8) is 0 Å². The third-order valence-electron chi connectivity index (χ3n) is 4.82. The summed E-state index contributed by atoms with van der Waals surface area (Å²) in [5.74, 6) is -4.36. The van der Waals surface area contributed by atoms with E-state index in [0.29, 0.717) is 5.56 Å². The van der Waals surface area contributed by atoms with Crippen LogP contribution < -0.4 is 5.73 Å². The molecule has 3 unspecified atom stereocenters. The van der Waals surface area contributed by atoms with Crippen molar-refractivity contribution in [2.75, 3.05) is 6.61 Å². The van der Waals surface area contributed by atoms with Gasteiger partial charge in [0.1, 0.15) is 5.83 Å². The van der Waals surface area contributed by atoms with E-state index in [1.54, 1.807) is 19.1 Å². The molecule has 2 rings (SSSR count). The van der Waals surface area contributed by atoms with Crippen molar-refractivity contribution in [3.05, 3.63) is 52.4 Å². The van der Waals surface area contributed by atoms with Crippen molar-refractivity contribution in [1.29, 1.82) is 0 Å². The number of esters is 1. The molecule has 0 aromatic heterocycles. The number of alkyl halides is 5. The summed E-state index contributed by atoms with van der Waals surface area (Å²) in [4.78, 5) is 11.7. The Balaban J connectivity index is 2.73. The van der Waals surface area contributed by atoms with Gasteiger partial charge < -0.3 is 10.5 Å². The maximum atomic E-state index is 15.5. The second-order valence-corrected chi connectivity index (χ2v) is 7.36. The molecule has 1 aliphatic rings. The van der Waals surface area contributed by atoms with Crippen molar-refractivity contribution in [2.24, 2.45) is 11.7 Å². The lowest BCUT2D eigenvalue weighted by Gasteiger charge is -2.39. The van der Waals surface area contributed by atoms with Crippen LogP contribution in [0.25, 0.3) is 5.57 Å². The second kappa shape index (κ2) is 8.44. The summed E-state index contributed by atoms with van der Waals surface area (Å²) >= 11 is 5.68. The van der Waals surface area contributed by atoms with Gasteiger partial charge in [0.05, 0.1) is 24.5 Å². The number of allylic oxidation sites excluding steroid dienone is 3. The number of ether oxygens (including phenoxy) is 1. The molecule has 0 saturated carbocycles. The Morgan fingerprint density at radius 1 is 1.31 bits per heavy atom. The average molecular weight is 438 g/mol. The first kappa shape index (κ1) is 23.3. The van der Waals surface area contributed by atoms with Crippen LogP contribution in [-0.2, 0) is 9.53 Å². The standard InChI is InChI=1S/C20H21ClF5NO2/c1-4-29-14(28)9-13(27)16-17(22)15(12-8-6-5-7-10(12)2)11(3)18(19(16,21)23)20(24,25)26/h5-8,13,16H,4,9,27H2,1-3H3. The maximum Gasteiger partial charge on any atom is 0.417 e. The van der Waals surface area contributed by atoms with E-state index in [9.17, 15) is 18.0 Å². The second-order valence-electron chi connectivity index (χ2n) is 6.81. The van der Waals surface area contributed by atoms with E-state index in [0.717, 1.165) is 6.92 Å². The number of carbonyl (C=O) groups excluding carboxylic acids is 1. The first-order chi connectivity index (χ1) is 13.3. The highest BCUT2D eigenvalue weighted by Crippen LogP contribution is 2.56. The van der Waals surface area contributed by atoms with E-state index in [1.807, 2.05) is 0 Å². The Morgan fingerprint density at radius 3 is 2.41 bits per heavy atom. The van der Waals surface area contributed by atoms with Crippen LogP contribution in [0.3, 0.4) is 0 Å². The van der Waals surface area contributed by atoms with Crippen molar-refractivity contribution in [1.82, 2.24) is 0 Å². The number of hydrogen-bond donors (Lipinski definition) is 1. The maximum absolute atomic E-state index is 15.5. The Hall–Kier alpha value is -1.93. The van der Waals surface area contributed by atoms with Crippen LogP contribution in [0.15, 0.2) is 41.2 Å². The van der Waals surface area contributed by atoms with Crippen LogP contribution in [0, 0.1) is 12.8 Å². The fourth-order valence-electron chi connectivity index (χ4n) is 3.60. The zero-order chi connectivity index (χ0) is 22.1. The van der Waals surface area contributed by atoms with Crippen molar-refractivity contribution in [3.8, 4) is 0 Å². The van der Waals surface area contributed by atoms with Gasteiger partial charge in [-0.2, -0.15) is 13.2 Å². The highest BCUT2D eigenvalue weighted by Gasteiger charge is 2.59. The van der Waals surface area contributed by atoms with Crippen molar-refractivity contribution >= 4 is 23.1 Å². The van der Waals surface area contributed by atoms with Gasteiger partial charge in [-0.3, -0.25) is 4.79 Å². The predicted molar refractivity (Wildman–Crippen MR) is 100 cm³/mol. The summed E-state index contributed by atoms with van der Waals surface area (Å²) in [6.07, 6.45) is -5.88. The summed E-state index contributed by atoms with van der Waals surface area (Å²) in [6.45, 7) is 4.04. The summed E-state index contributed by atoms with van der Waals surface area (Å²) in [6, 6.07) is 4.49. The van der Waals surface area contributed by atoms with Gasteiger partial charge in [0.25, 0.3) is 0 Å². The van der Waals surface area contributed by atoms with Crippen LogP contribution in [0.4, 0.5) is 22.0 Å². The highest BCUT2D eigenvalue weighted by atomic mass is 35.5. The molecule has 0 radical (unpaired) electrons. The molecule has 1 aromatic carbocycles. The minimum absolute atomic E-state index is 0.0164. The summed E-state index contributed by atoms with van der Waals surface area (Å²) in [5, 5.41) is -3.69. The highest BCUT2D eigenvalue weighted by molar-refractivity contribution is 6.26. The molecule has 0 aliphatic heterocycles. The Labute approximate surface area is 170 Å². The first-order valence-corrected chi connectivity index (χ1v) is 9.25. The van der Waals surface area contributed by atoms with Gasteiger partial charge in [-0.25, -0.2) is 8.78 Å². The van der Waals surface area contributed by atoms with Crippen LogP contribution in [-0.4, -0.2) is 29.9 Å². The molecule has 3 nitrogen and oxygen atoms in total. The molecule has 9 heteroatoms. The van der Waals surface area contributed by atoms with E-state index in [1.165, 1.54) is 19.1 Å². The zero-order valence-electron chi connectivity index (χ0n) is 16.0. The van der Waals surface area contributed by atoms with E-state index >= 15 is 8.78 Å². The molecule has 0 amide bonds. The van der Waals surface area contributed by atoms with E-state index in [-0.39, 0.29) is 12.2 Å². The SMILES string of the molecule is CCOC(=O)CC(N)C1C(F)=C(c2ccccc2C)C(C)=C(C(F)(F)F)C1(F)Cl. The lowest BCUT2D eigenvalue weighted by Crippen LogP contribution is -2.49. The topological polar surface area (TPSA) is 52.3 Å². The largest absolute Gasteiger partial charge is 0.466 e. The summed E-state index contributed by atoms with van der Waals surface area (Å²) in [5.41, 5.74) is 3.61. The lowest BCUT2D eigenvalue weighted by molar-refractivity contribution is -0.144. The number of rotatable bonds is 5. The van der Waals surface area contributed by atoms with Gasteiger partial charge >= 0.3 is 12.1 Å². The zero-order valence-corrected chi connectivity index (χ0v) is 16.8. The molecule has 0 bridgehead atoms. The number of aryl methyl sites for hydroxylation is 1. The van der Waals surface area contributed by atoms with Gasteiger partial charge in [0.15, 0.2) is 0 Å². The fraction of sp³-hybridized carbons (Fsp3) is 0.450. The average Bonchev–Trinajstić information content (AvgIpc) is 2.54. The molecule has 0 saturated heterocycles. The Morgan fingerprint density at radius 2 is 1.90 bits per heavy atom. The molecule has 1 aromatic rings. The molecule has 0 fully saturated rings. The van der Waals surface area contributed by atoms with Crippen LogP contribution in [0.1, 0.15) is 31.4 Å². The number of hydrogen-bond acceptors (Lipinski definition) is 3. The third-order valence-corrected chi connectivity index (χ3v) is 5.24. The summed E-state index contributed by atoms with van der Waals surface area (Å²) < 4.78 is 76.8. The number of nitrogens with two attached hydrogens (primary N) is 1. The van der Waals surface area contributed by atoms with Gasteiger partial charge in [-0.15, -0.1) is 0 Å². The molecular formula is C20H21ClF5NO2. The quantitative estimate of drug-likeness (QED) is 0.383. The van der Waals surface area contributed by atoms with Gasteiger partial charge in [-0.05, 0) is 37.5 Å². The summed E-state index contributed by atoms with van der Waals surface area (Å²) in [7, 11) is 0. The molecule has 160 valence electrons. The number of halogens is 6. The van der Waals surface area contributed by atoms with E-state index in [4.69, 9.17) is 22.1 Å². The third kappa shape index (κ3) is 4.48. The fourth-order valence-corrected chi connectivity index (χ4v) is 4.10. The Bertz CT molecular complexity index is 861. The van der Waals surface area contributed by atoms with Crippen LogP contribution >= 0.6 is 11.6 Å². The predicted octanol–water partition coefficient (Wildman–Crippen LogP) is 5.37. The van der Waals surface area contributed by atoms with Gasteiger partial charge in [-0.1, -0.05) is 35.9 Å². The number of benzene rings is 1. The molecule has 1 aliphatic carbocycles. The molecule has 3 atom stereocenters. The minimum atomic E-state index is -5.18. The lowest BCUT2D eigenvalue weighted by atomic mass is 9.75. The van der Waals surface area contributed by atoms with Gasteiger partial charge in [0.2, 0.25) is 5.13 Å². The van der Waals surface area contributed by atoms with Crippen molar-refractivity contribution in [2.45, 2.75) is 44.5 Å². The monoisotopic (exact) mass is 437 g/mol. The molecule has 2 N–H and O–H groups in total. The number of carbonyl (C=O) groups is 1. The first-order valence-electron chi connectivity index (χ1n) is 8.87. The van der Waals surface area contributed by atoms with E-state index < -0.39 is 58.2 Å². The van der Waals surface area contributed by atoms with E-state index in [2.05, 4.69) is 0 Å². The molecule has 0 heterocycles. The van der Waals surface area contributed by atoms with Crippen molar-refractivity contribution < 1.29 is 31.5 Å². The molecular weight excluding hydrogens is 417 g/mol. The van der Waals surface area contributed by atoms with Crippen LogP contribution in [0.5, 0.6) is 0 Å². The Kier molecular flexibility index (Phi) is 6.79. The van der Waals surface area contributed by atoms with Gasteiger partial charge in [0, 0.05) is 11.6 Å². The smallest absolute Gasteiger partial charge is 0.417 e. The molecule has 0 spiro atoms. The normalized spacial score (nSPS) is 24.0. The molecule has 29 heavy (non-hydrogen) atoms. The van der Waals surface area contributed by atoms with Crippen LogP contribution in [0.2, 0.25) is 0 Å². The minimum Gasteiger partial charge on any atom is -0.466 e.